The summed E-state index contributed by atoms with van der Waals surface area (Å²) in [5.74, 6) is 0. The number of nitrogens with zero attached hydrogens (tertiary/aromatic N) is 3. The quantitative estimate of drug-likeness (QED) is 0.625. The van der Waals surface area contributed by atoms with Crippen LogP contribution < -0.4 is 0 Å². The molecule has 1 saturated carbocycles. The molecule has 108 valence electrons. The smallest absolute Gasteiger partial charge is 0.283 e. The second-order valence-electron chi connectivity index (χ2n) is 5.59. The number of rotatable bonds is 4. The minimum Gasteiger partial charge on any atom is -0.298 e. The van der Waals surface area contributed by atoms with Crippen LogP contribution in [0.25, 0.3) is 0 Å². The SMILES string of the molecule is O=[N+]([O-])c1cc(CN2CCN(C3CC3)CC2)ccc1Br. The van der Waals surface area contributed by atoms with Gasteiger partial charge in [0.15, 0.2) is 0 Å². The van der Waals surface area contributed by atoms with Crippen LogP contribution in [-0.4, -0.2) is 46.9 Å². The third kappa shape index (κ3) is 3.19. The van der Waals surface area contributed by atoms with Crippen LogP contribution in [0.3, 0.4) is 0 Å². The molecule has 0 bridgehead atoms. The first kappa shape index (κ1) is 14.0. The minimum absolute atomic E-state index is 0.152. The van der Waals surface area contributed by atoms with Crippen molar-refractivity contribution in [3.8, 4) is 0 Å². The molecule has 1 aliphatic heterocycles. The molecular weight excluding hydrogens is 322 g/mol. The van der Waals surface area contributed by atoms with Crippen LogP contribution in [0.2, 0.25) is 0 Å². The topological polar surface area (TPSA) is 49.6 Å². The van der Waals surface area contributed by atoms with Crippen molar-refractivity contribution in [3.05, 3.63) is 38.3 Å². The van der Waals surface area contributed by atoms with Gasteiger partial charge in [-0.25, -0.2) is 0 Å². The van der Waals surface area contributed by atoms with E-state index >= 15 is 0 Å². The van der Waals surface area contributed by atoms with Crippen molar-refractivity contribution in [1.29, 1.82) is 0 Å². The highest BCUT2D eigenvalue weighted by Crippen LogP contribution is 2.28. The van der Waals surface area contributed by atoms with E-state index in [9.17, 15) is 10.1 Å². The summed E-state index contributed by atoms with van der Waals surface area (Å²) in [6.45, 7) is 5.17. The van der Waals surface area contributed by atoms with Gasteiger partial charge in [-0.05, 0) is 40.4 Å². The standard InChI is InChI=1S/C14H18BrN3O2/c15-13-4-1-11(9-14(13)18(19)20)10-16-5-7-17(8-6-16)12-2-3-12/h1,4,9,12H,2-3,5-8,10H2. The van der Waals surface area contributed by atoms with Gasteiger partial charge in [-0.15, -0.1) is 0 Å². The molecule has 20 heavy (non-hydrogen) atoms. The molecule has 1 saturated heterocycles. The average molecular weight is 340 g/mol. The second kappa shape index (κ2) is 5.79. The lowest BCUT2D eigenvalue weighted by Crippen LogP contribution is -2.46. The van der Waals surface area contributed by atoms with Crippen LogP contribution in [0.1, 0.15) is 18.4 Å². The molecule has 0 spiro atoms. The Balaban J connectivity index is 1.60. The highest BCUT2D eigenvalue weighted by molar-refractivity contribution is 9.10. The van der Waals surface area contributed by atoms with Crippen molar-refractivity contribution in [2.24, 2.45) is 0 Å². The first-order valence-corrected chi connectivity index (χ1v) is 7.82. The molecule has 1 aromatic carbocycles. The van der Waals surface area contributed by atoms with Gasteiger partial charge in [0, 0.05) is 44.8 Å². The molecule has 2 fully saturated rings. The van der Waals surface area contributed by atoms with Crippen LogP contribution in [0, 0.1) is 10.1 Å². The summed E-state index contributed by atoms with van der Waals surface area (Å²) in [4.78, 5) is 15.6. The number of nitro benzene ring substituents is 1. The third-order valence-electron chi connectivity index (χ3n) is 4.08. The Bertz CT molecular complexity index is 511. The molecule has 3 rings (SSSR count). The van der Waals surface area contributed by atoms with Gasteiger partial charge in [0.25, 0.3) is 5.69 Å². The summed E-state index contributed by atoms with van der Waals surface area (Å²) in [5.41, 5.74) is 1.17. The number of piperazine rings is 1. The summed E-state index contributed by atoms with van der Waals surface area (Å²) >= 11 is 3.23. The minimum atomic E-state index is -0.335. The molecule has 6 heteroatoms. The van der Waals surface area contributed by atoms with Gasteiger partial charge < -0.3 is 0 Å². The van der Waals surface area contributed by atoms with E-state index in [4.69, 9.17) is 0 Å². The number of benzene rings is 1. The Morgan fingerprint density at radius 2 is 1.95 bits per heavy atom. The summed E-state index contributed by atoms with van der Waals surface area (Å²) in [6.07, 6.45) is 2.72. The monoisotopic (exact) mass is 339 g/mol. The second-order valence-corrected chi connectivity index (χ2v) is 6.44. The van der Waals surface area contributed by atoms with E-state index < -0.39 is 0 Å². The van der Waals surface area contributed by atoms with Gasteiger partial charge in [-0.1, -0.05) is 6.07 Å². The van der Waals surface area contributed by atoms with Gasteiger partial charge in [0.1, 0.15) is 0 Å². The van der Waals surface area contributed by atoms with Crippen molar-refractivity contribution in [2.45, 2.75) is 25.4 Å². The predicted molar refractivity (Wildman–Crippen MR) is 80.7 cm³/mol. The zero-order valence-corrected chi connectivity index (χ0v) is 12.9. The normalized spacial score (nSPS) is 21.1. The van der Waals surface area contributed by atoms with E-state index in [1.165, 1.54) is 12.8 Å². The molecule has 0 unspecified atom stereocenters. The molecule has 0 amide bonds. The first-order valence-electron chi connectivity index (χ1n) is 7.03. The lowest BCUT2D eigenvalue weighted by molar-refractivity contribution is -0.385. The van der Waals surface area contributed by atoms with Crippen molar-refractivity contribution < 1.29 is 4.92 Å². The Morgan fingerprint density at radius 3 is 2.55 bits per heavy atom. The van der Waals surface area contributed by atoms with E-state index in [0.717, 1.165) is 44.3 Å². The maximum atomic E-state index is 10.9. The molecule has 0 N–H and O–H groups in total. The van der Waals surface area contributed by atoms with E-state index in [2.05, 4.69) is 25.7 Å². The average Bonchev–Trinajstić information content (AvgIpc) is 3.26. The third-order valence-corrected chi connectivity index (χ3v) is 4.75. The van der Waals surface area contributed by atoms with Crippen LogP contribution in [0.4, 0.5) is 5.69 Å². The number of hydrogen-bond acceptors (Lipinski definition) is 4. The Morgan fingerprint density at radius 1 is 1.25 bits per heavy atom. The van der Waals surface area contributed by atoms with Crippen LogP contribution in [0.5, 0.6) is 0 Å². The van der Waals surface area contributed by atoms with Gasteiger partial charge in [-0.3, -0.25) is 19.9 Å². The summed E-state index contributed by atoms with van der Waals surface area (Å²) in [7, 11) is 0. The molecular formula is C14H18BrN3O2. The molecule has 5 nitrogen and oxygen atoms in total. The largest absolute Gasteiger partial charge is 0.298 e. The summed E-state index contributed by atoms with van der Waals surface area (Å²) < 4.78 is 0.546. The van der Waals surface area contributed by atoms with Gasteiger partial charge >= 0.3 is 0 Å². The van der Waals surface area contributed by atoms with Gasteiger partial charge in [0.05, 0.1) is 9.40 Å². The van der Waals surface area contributed by atoms with Gasteiger partial charge in [0.2, 0.25) is 0 Å². The van der Waals surface area contributed by atoms with E-state index in [0.29, 0.717) is 4.47 Å². The van der Waals surface area contributed by atoms with Crippen LogP contribution >= 0.6 is 15.9 Å². The van der Waals surface area contributed by atoms with Crippen molar-refractivity contribution in [1.82, 2.24) is 9.80 Å². The highest BCUT2D eigenvalue weighted by Gasteiger charge is 2.31. The Labute approximate surface area is 126 Å². The number of halogens is 1. The molecule has 0 atom stereocenters. The van der Waals surface area contributed by atoms with Crippen molar-refractivity contribution >= 4 is 21.6 Å². The van der Waals surface area contributed by atoms with E-state index in [-0.39, 0.29) is 10.6 Å². The summed E-state index contributed by atoms with van der Waals surface area (Å²) in [6, 6.07) is 6.25. The molecule has 1 heterocycles. The lowest BCUT2D eigenvalue weighted by atomic mass is 10.1. The van der Waals surface area contributed by atoms with E-state index in [1.807, 2.05) is 6.07 Å². The molecule has 1 aromatic rings. The fourth-order valence-electron chi connectivity index (χ4n) is 2.78. The van der Waals surface area contributed by atoms with E-state index in [1.54, 1.807) is 12.1 Å². The van der Waals surface area contributed by atoms with Crippen LogP contribution in [0.15, 0.2) is 22.7 Å². The fourth-order valence-corrected chi connectivity index (χ4v) is 3.17. The Kier molecular flexibility index (Phi) is 4.05. The molecule has 0 aromatic heterocycles. The summed E-state index contributed by atoms with van der Waals surface area (Å²) in [5, 5.41) is 10.9. The maximum absolute atomic E-state index is 10.9. The number of hydrogen-bond donors (Lipinski definition) is 0. The van der Waals surface area contributed by atoms with Gasteiger partial charge in [-0.2, -0.15) is 0 Å². The molecule has 2 aliphatic rings. The highest BCUT2D eigenvalue weighted by atomic mass is 79.9. The zero-order chi connectivity index (χ0) is 14.1. The van der Waals surface area contributed by atoms with Crippen molar-refractivity contribution in [3.63, 3.8) is 0 Å². The van der Waals surface area contributed by atoms with Crippen LogP contribution in [-0.2, 0) is 6.54 Å². The fraction of sp³-hybridized carbons (Fsp3) is 0.571. The predicted octanol–water partition coefficient (Wildman–Crippen LogP) is 2.64. The first-order chi connectivity index (χ1) is 9.63. The molecule has 0 radical (unpaired) electrons. The lowest BCUT2D eigenvalue weighted by Gasteiger charge is -2.34. The number of nitro groups is 1. The molecule has 1 aliphatic carbocycles. The zero-order valence-electron chi connectivity index (χ0n) is 11.3. The maximum Gasteiger partial charge on any atom is 0.283 e. The van der Waals surface area contributed by atoms with Crippen molar-refractivity contribution in [2.75, 3.05) is 26.2 Å². The Hall–Kier alpha value is -0.980.